The van der Waals surface area contributed by atoms with Crippen LogP contribution in [0.15, 0.2) is 0 Å². The average molecular weight is 327 g/mol. The summed E-state index contributed by atoms with van der Waals surface area (Å²) in [5.41, 5.74) is 0. The van der Waals surface area contributed by atoms with Crippen molar-refractivity contribution in [3.05, 3.63) is 0 Å². The number of hydrogen-bond acceptors (Lipinski definition) is 4. The van der Waals surface area contributed by atoms with Crippen molar-refractivity contribution in [1.82, 2.24) is 0 Å². The molecule has 0 atom stereocenters. The van der Waals surface area contributed by atoms with Gasteiger partial charge in [0.05, 0.1) is 0 Å². The van der Waals surface area contributed by atoms with E-state index >= 15 is 0 Å². The highest BCUT2D eigenvalue weighted by Crippen LogP contribution is 2.25. The molecule has 0 aliphatic rings. The monoisotopic (exact) mass is 326 g/mol. The zero-order valence-corrected chi connectivity index (χ0v) is 18.5. The second-order valence-electron chi connectivity index (χ2n) is 5.28. The van der Waals surface area contributed by atoms with Crippen molar-refractivity contribution >= 4 is 37.6 Å². The Kier molecular flexibility index (Phi) is 9.96. The Morgan fingerprint density at radius 2 is 1.22 bits per heavy atom. The first-order chi connectivity index (χ1) is 8.31. The van der Waals surface area contributed by atoms with Gasteiger partial charge in [-0.3, -0.25) is 0 Å². The molecule has 0 amide bonds. The zero-order chi connectivity index (χ0) is 14.2. The van der Waals surface area contributed by atoms with Crippen molar-refractivity contribution in [3.8, 4) is 0 Å². The zero-order valence-electron chi connectivity index (χ0n) is 13.0. The van der Waals surface area contributed by atoms with E-state index in [0.717, 1.165) is 29.9 Å². The first-order valence-electron chi connectivity index (χ1n) is 6.83. The summed E-state index contributed by atoms with van der Waals surface area (Å²) in [5.74, 6) is -0.763. The van der Waals surface area contributed by atoms with Gasteiger partial charge < -0.3 is 17.7 Å². The van der Waals surface area contributed by atoms with Gasteiger partial charge in [0.2, 0.25) is 0 Å². The third-order valence-corrected chi connectivity index (χ3v) is 4.98. The summed E-state index contributed by atoms with van der Waals surface area (Å²) in [7, 11) is -2.82. The summed E-state index contributed by atoms with van der Waals surface area (Å²) < 4.78 is 23.6. The van der Waals surface area contributed by atoms with Gasteiger partial charge in [0.15, 0.2) is 27.1 Å². The SMILES string of the molecule is C[SiH](C)OC(CCCO[SiH3])(O[SiH](C)C)O[SiH](C)C. The lowest BCUT2D eigenvalue weighted by Gasteiger charge is -2.38. The minimum atomic E-state index is -1.20. The van der Waals surface area contributed by atoms with Crippen LogP contribution in [0.5, 0.6) is 0 Å². The van der Waals surface area contributed by atoms with Crippen molar-refractivity contribution in [3.63, 3.8) is 0 Å². The van der Waals surface area contributed by atoms with Crippen LogP contribution in [0.2, 0.25) is 39.3 Å². The van der Waals surface area contributed by atoms with Crippen molar-refractivity contribution in [2.24, 2.45) is 0 Å². The average Bonchev–Trinajstić information content (AvgIpc) is 2.13. The Balaban J connectivity index is 4.74. The van der Waals surface area contributed by atoms with E-state index in [0.29, 0.717) is 0 Å². The first-order valence-corrected chi connectivity index (χ1v) is 16.0. The van der Waals surface area contributed by atoms with Crippen LogP contribution in [0.25, 0.3) is 0 Å². The molecule has 0 aromatic heterocycles. The summed E-state index contributed by atoms with van der Waals surface area (Å²) in [6.45, 7) is 13.7. The Morgan fingerprint density at radius 3 is 1.50 bits per heavy atom. The maximum atomic E-state index is 6.13. The van der Waals surface area contributed by atoms with Crippen LogP contribution >= 0.6 is 0 Å². The highest BCUT2D eigenvalue weighted by Gasteiger charge is 2.35. The van der Waals surface area contributed by atoms with Gasteiger partial charge in [0, 0.05) is 13.0 Å². The predicted octanol–water partition coefficient (Wildman–Crippen LogP) is 0.717. The van der Waals surface area contributed by atoms with Crippen molar-refractivity contribution < 1.29 is 17.7 Å². The molecular weight excluding hydrogens is 296 g/mol. The van der Waals surface area contributed by atoms with E-state index < -0.39 is 33.1 Å². The highest BCUT2D eigenvalue weighted by atomic mass is 28.3. The maximum absolute atomic E-state index is 6.13. The molecule has 0 bridgehead atoms. The third-order valence-electron chi connectivity index (χ3n) is 2.08. The summed E-state index contributed by atoms with van der Waals surface area (Å²) in [5, 5.41) is 0. The van der Waals surface area contributed by atoms with Crippen LogP contribution in [0.4, 0.5) is 0 Å². The van der Waals surface area contributed by atoms with Crippen molar-refractivity contribution in [2.45, 2.75) is 58.1 Å². The molecule has 0 fully saturated rings. The minimum absolute atomic E-state index is 0.763. The molecule has 0 aliphatic heterocycles. The minimum Gasteiger partial charge on any atom is -0.428 e. The summed E-state index contributed by atoms with van der Waals surface area (Å²) >= 11 is 0. The molecule has 0 aromatic carbocycles. The van der Waals surface area contributed by atoms with Crippen LogP contribution < -0.4 is 0 Å². The molecule has 18 heavy (non-hydrogen) atoms. The second kappa shape index (κ2) is 9.59. The van der Waals surface area contributed by atoms with E-state index in [1.807, 2.05) is 0 Å². The molecule has 0 spiro atoms. The van der Waals surface area contributed by atoms with Crippen LogP contribution in [-0.4, -0.2) is 50.2 Å². The Labute approximate surface area is 120 Å². The lowest BCUT2D eigenvalue weighted by Crippen LogP contribution is -2.47. The lowest BCUT2D eigenvalue weighted by atomic mass is 10.3. The van der Waals surface area contributed by atoms with Crippen LogP contribution in [0, 0.1) is 0 Å². The molecule has 0 aliphatic carbocycles. The predicted molar refractivity (Wildman–Crippen MR) is 87.7 cm³/mol. The molecule has 8 heteroatoms. The lowest BCUT2D eigenvalue weighted by molar-refractivity contribution is -0.267. The fourth-order valence-electron chi connectivity index (χ4n) is 1.77. The molecule has 0 heterocycles. The van der Waals surface area contributed by atoms with Crippen molar-refractivity contribution in [2.75, 3.05) is 6.61 Å². The fourth-order valence-corrected chi connectivity index (χ4v) is 5.23. The van der Waals surface area contributed by atoms with Gasteiger partial charge in [-0.15, -0.1) is 0 Å². The van der Waals surface area contributed by atoms with Gasteiger partial charge >= 0.3 is 0 Å². The molecule has 0 saturated heterocycles. The summed E-state index contributed by atoms with van der Waals surface area (Å²) in [4.78, 5) is 0. The normalized spacial score (nSPS) is 13.2. The Hall–Kier alpha value is 0.708. The molecule has 0 N–H and O–H groups in total. The standard InChI is InChI=1S/C10H30O4Si4/c1-16(2)12-10(13-17(3)4,14-18(5)6)8-7-9-11-15/h16-18H,7-9H2,1-6,15H3. The molecule has 4 nitrogen and oxygen atoms in total. The summed E-state index contributed by atoms with van der Waals surface area (Å²) in [6, 6.07) is 0. The maximum Gasteiger partial charge on any atom is 0.253 e. The smallest absolute Gasteiger partial charge is 0.253 e. The van der Waals surface area contributed by atoms with Crippen molar-refractivity contribution in [1.29, 1.82) is 0 Å². The Morgan fingerprint density at radius 1 is 0.833 bits per heavy atom. The molecule has 0 rings (SSSR count). The van der Waals surface area contributed by atoms with Gasteiger partial charge in [-0.2, -0.15) is 0 Å². The number of rotatable bonds is 10. The fraction of sp³-hybridized carbons (Fsp3) is 1.00. The van der Waals surface area contributed by atoms with E-state index in [4.69, 9.17) is 17.7 Å². The van der Waals surface area contributed by atoms with Crippen LogP contribution in [0.1, 0.15) is 12.8 Å². The van der Waals surface area contributed by atoms with Gasteiger partial charge in [-0.25, -0.2) is 0 Å². The van der Waals surface area contributed by atoms with Gasteiger partial charge in [-0.05, 0) is 45.7 Å². The molecule has 110 valence electrons. The van der Waals surface area contributed by atoms with E-state index in [2.05, 4.69) is 39.3 Å². The second-order valence-corrected chi connectivity index (χ2v) is 12.9. The van der Waals surface area contributed by atoms with Crippen LogP contribution in [-0.2, 0) is 17.7 Å². The molecule has 0 aromatic rings. The molecule has 0 unspecified atom stereocenters. The molecule has 0 saturated carbocycles. The number of hydrogen-bond donors (Lipinski definition) is 0. The van der Waals surface area contributed by atoms with Gasteiger partial charge in [0.25, 0.3) is 5.97 Å². The van der Waals surface area contributed by atoms with E-state index in [1.54, 1.807) is 0 Å². The Bertz CT molecular complexity index is 188. The van der Waals surface area contributed by atoms with E-state index in [9.17, 15) is 0 Å². The third kappa shape index (κ3) is 8.75. The van der Waals surface area contributed by atoms with Crippen LogP contribution in [0.3, 0.4) is 0 Å². The van der Waals surface area contributed by atoms with E-state index in [1.165, 1.54) is 0 Å². The summed E-state index contributed by atoms with van der Waals surface area (Å²) in [6.07, 6.45) is 1.73. The largest absolute Gasteiger partial charge is 0.428 e. The van der Waals surface area contributed by atoms with Gasteiger partial charge in [0.1, 0.15) is 10.5 Å². The highest BCUT2D eigenvalue weighted by molar-refractivity contribution is 6.51. The topological polar surface area (TPSA) is 36.9 Å². The quantitative estimate of drug-likeness (QED) is 0.337. The van der Waals surface area contributed by atoms with Gasteiger partial charge in [-0.1, -0.05) is 0 Å². The molecule has 0 radical (unpaired) electrons. The van der Waals surface area contributed by atoms with E-state index in [-0.39, 0.29) is 0 Å². The molecular formula is C10H30O4Si4. The first kappa shape index (κ1) is 18.7.